The van der Waals surface area contributed by atoms with Gasteiger partial charge in [-0.15, -0.1) is 0 Å². The molecule has 132 valence electrons. The van der Waals surface area contributed by atoms with Crippen LogP contribution in [0.3, 0.4) is 0 Å². The Morgan fingerprint density at radius 3 is 2.62 bits per heavy atom. The van der Waals surface area contributed by atoms with Gasteiger partial charge in [-0.05, 0) is 30.3 Å². The second kappa shape index (κ2) is 7.71. The molecular formula is C18H17ClN6O. The second-order valence-electron chi connectivity index (χ2n) is 5.44. The van der Waals surface area contributed by atoms with Gasteiger partial charge < -0.3 is 10.6 Å². The van der Waals surface area contributed by atoms with Crippen LogP contribution in [-0.2, 0) is 0 Å². The molecule has 0 radical (unpaired) electrons. The molecule has 0 spiro atoms. The minimum Gasteiger partial charge on any atom is -0.393 e. The summed E-state index contributed by atoms with van der Waals surface area (Å²) in [4.78, 5) is 22.3. The van der Waals surface area contributed by atoms with E-state index in [9.17, 15) is 4.79 Å². The Labute approximate surface area is 155 Å². The van der Waals surface area contributed by atoms with Gasteiger partial charge >= 0.3 is 0 Å². The van der Waals surface area contributed by atoms with Gasteiger partial charge in [0.25, 0.3) is 5.91 Å². The summed E-state index contributed by atoms with van der Waals surface area (Å²) >= 11 is 5.90. The average Bonchev–Trinajstić information content (AvgIpc) is 2.67. The van der Waals surface area contributed by atoms with Crippen molar-refractivity contribution in [2.45, 2.75) is 0 Å². The number of amides is 1. The monoisotopic (exact) mass is 368 g/mol. The number of hydrogen-bond donors (Lipinski definition) is 3. The molecule has 0 bridgehead atoms. The fourth-order valence-electron chi connectivity index (χ4n) is 2.34. The Hall–Kier alpha value is -3.32. The highest BCUT2D eigenvalue weighted by Crippen LogP contribution is 2.29. The van der Waals surface area contributed by atoms with Gasteiger partial charge in [0, 0.05) is 23.3 Å². The van der Waals surface area contributed by atoms with Crippen molar-refractivity contribution >= 4 is 40.5 Å². The molecule has 2 aromatic carbocycles. The Kier molecular flexibility index (Phi) is 5.19. The molecule has 0 atom stereocenters. The first-order valence-corrected chi connectivity index (χ1v) is 8.15. The van der Waals surface area contributed by atoms with E-state index < -0.39 is 0 Å². The molecule has 1 heterocycles. The number of carbonyl (C=O) groups excluding carboxylic acids is 1. The Balaban J connectivity index is 1.76. The Morgan fingerprint density at radius 2 is 1.88 bits per heavy atom. The number of halogens is 1. The number of hydrogen-bond acceptors (Lipinski definition) is 6. The first-order chi connectivity index (χ1) is 12.6. The number of rotatable bonds is 5. The Morgan fingerprint density at radius 1 is 1.12 bits per heavy atom. The van der Waals surface area contributed by atoms with Crippen LogP contribution in [0, 0.1) is 0 Å². The van der Waals surface area contributed by atoms with Crippen molar-refractivity contribution in [1.29, 1.82) is 0 Å². The van der Waals surface area contributed by atoms with Crippen LogP contribution in [0.15, 0.2) is 60.9 Å². The summed E-state index contributed by atoms with van der Waals surface area (Å²) in [5.74, 6) is 0.460. The Bertz CT molecular complexity index is 919. The predicted octanol–water partition coefficient (Wildman–Crippen LogP) is 3.24. The summed E-state index contributed by atoms with van der Waals surface area (Å²) in [6.07, 6.45) is 1.37. The molecule has 1 amide bonds. The summed E-state index contributed by atoms with van der Waals surface area (Å²) in [7, 11) is 1.85. The highest BCUT2D eigenvalue weighted by molar-refractivity contribution is 6.30. The normalized spacial score (nSPS) is 10.2. The zero-order chi connectivity index (χ0) is 18.5. The molecule has 0 saturated carbocycles. The molecule has 0 aliphatic heterocycles. The lowest BCUT2D eigenvalue weighted by Gasteiger charge is -2.21. The standard InChI is InChI=1S/C18H17ClN6O/c1-25(14-8-3-2-4-9-14)17-15(20)16(21-11-22-17)23-24-18(26)12-6-5-7-13(19)10-12/h2-11H,20H2,1H3,(H,24,26)(H,21,22,23). The van der Waals surface area contributed by atoms with E-state index in [0.717, 1.165) is 5.69 Å². The maximum atomic E-state index is 12.2. The van der Waals surface area contributed by atoms with Crippen LogP contribution in [0.25, 0.3) is 0 Å². The van der Waals surface area contributed by atoms with Crippen molar-refractivity contribution in [3.8, 4) is 0 Å². The van der Waals surface area contributed by atoms with E-state index in [1.165, 1.54) is 6.33 Å². The maximum absolute atomic E-state index is 12.2. The molecule has 0 unspecified atom stereocenters. The fourth-order valence-corrected chi connectivity index (χ4v) is 2.54. The summed E-state index contributed by atoms with van der Waals surface area (Å²) < 4.78 is 0. The number of aromatic nitrogens is 2. The van der Waals surface area contributed by atoms with Crippen molar-refractivity contribution in [3.63, 3.8) is 0 Å². The van der Waals surface area contributed by atoms with Crippen LogP contribution < -0.4 is 21.5 Å². The van der Waals surface area contributed by atoms with Crippen molar-refractivity contribution in [1.82, 2.24) is 15.4 Å². The molecule has 7 nitrogen and oxygen atoms in total. The second-order valence-corrected chi connectivity index (χ2v) is 5.88. The topological polar surface area (TPSA) is 96.2 Å². The lowest BCUT2D eigenvalue weighted by Crippen LogP contribution is -2.30. The van der Waals surface area contributed by atoms with Crippen LogP contribution in [0.4, 0.5) is 23.0 Å². The average molecular weight is 369 g/mol. The van der Waals surface area contributed by atoms with Gasteiger partial charge in [0.15, 0.2) is 11.6 Å². The number of para-hydroxylation sites is 1. The molecular weight excluding hydrogens is 352 g/mol. The molecule has 1 aromatic heterocycles. The highest BCUT2D eigenvalue weighted by Gasteiger charge is 2.14. The molecule has 26 heavy (non-hydrogen) atoms. The van der Waals surface area contributed by atoms with E-state index in [0.29, 0.717) is 27.9 Å². The van der Waals surface area contributed by atoms with Crippen LogP contribution in [0.2, 0.25) is 5.02 Å². The minimum atomic E-state index is -0.358. The van der Waals surface area contributed by atoms with Gasteiger partial charge in [-0.1, -0.05) is 35.9 Å². The summed E-state index contributed by atoms with van der Waals surface area (Å²) in [6, 6.07) is 16.3. The van der Waals surface area contributed by atoms with E-state index in [-0.39, 0.29) is 5.91 Å². The van der Waals surface area contributed by atoms with Crippen molar-refractivity contribution in [2.24, 2.45) is 0 Å². The number of carbonyl (C=O) groups is 1. The predicted molar refractivity (Wildman–Crippen MR) is 103 cm³/mol. The molecule has 3 aromatic rings. The quantitative estimate of drug-likeness (QED) is 0.598. The van der Waals surface area contributed by atoms with Crippen molar-refractivity contribution < 1.29 is 4.79 Å². The third-order valence-corrected chi connectivity index (χ3v) is 3.94. The third-order valence-electron chi connectivity index (χ3n) is 3.71. The van der Waals surface area contributed by atoms with Crippen LogP contribution in [-0.4, -0.2) is 22.9 Å². The van der Waals surface area contributed by atoms with Crippen molar-refractivity contribution in [3.05, 3.63) is 71.5 Å². The summed E-state index contributed by atoms with van der Waals surface area (Å²) in [6.45, 7) is 0. The smallest absolute Gasteiger partial charge is 0.269 e. The summed E-state index contributed by atoms with van der Waals surface area (Å²) in [5.41, 5.74) is 13.1. The van der Waals surface area contributed by atoms with Gasteiger partial charge in [0.2, 0.25) is 0 Å². The lowest BCUT2D eigenvalue weighted by atomic mass is 10.2. The van der Waals surface area contributed by atoms with Crippen LogP contribution in [0.5, 0.6) is 0 Å². The molecule has 8 heteroatoms. The zero-order valence-corrected chi connectivity index (χ0v) is 14.7. The first kappa shape index (κ1) is 17.5. The molecule has 3 rings (SSSR count). The molecule has 0 fully saturated rings. The van der Waals surface area contributed by atoms with E-state index in [4.69, 9.17) is 17.3 Å². The van der Waals surface area contributed by atoms with E-state index in [1.54, 1.807) is 24.3 Å². The lowest BCUT2D eigenvalue weighted by molar-refractivity contribution is 0.0962. The molecule has 0 aliphatic carbocycles. The fraction of sp³-hybridized carbons (Fsp3) is 0.0556. The van der Waals surface area contributed by atoms with Gasteiger partial charge in [-0.3, -0.25) is 15.6 Å². The van der Waals surface area contributed by atoms with Crippen LogP contribution >= 0.6 is 11.6 Å². The number of nitrogens with one attached hydrogen (secondary N) is 2. The third kappa shape index (κ3) is 3.84. The highest BCUT2D eigenvalue weighted by atomic mass is 35.5. The zero-order valence-electron chi connectivity index (χ0n) is 14.0. The molecule has 4 N–H and O–H groups in total. The van der Waals surface area contributed by atoms with E-state index in [2.05, 4.69) is 20.8 Å². The number of nitrogen functional groups attached to an aromatic ring is 1. The number of hydrazine groups is 1. The van der Waals surface area contributed by atoms with E-state index >= 15 is 0 Å². The van der Waals surface area contributed by atoms with Gasteiger partial charge in [-0.2, -0.15) is 0 Å². The SMILES string of the molecule is CN(c1ccccc1)c1ncnc(NNC(=O)c2cccc(Cl)c2)c1N. The van der Waals surface area contributed by atoms with Gasteiger partial charge in [-0.25, -0.2) is 9.97 Å². The van der Waals surface area contributed by atoms with Crippen LogP contribution in [0.1, 0.15) is 10.4 Å². The molecule has 0 saturated heterocycles. The number of nitrogens with two attached hydrogens (primary N) is 1. The maximum Gasteiger partial charge on any atom is 0.269 e. The number of anilines is 4. The summed E-state index contributed by atoms with van der Waals surface area (Å²) in [5, 5.41) is 0.478. The largest absolute Gasteiger partial charge is 0.393 e. The van der Waals surface area contributed by atoms with Gasteiger partial charge in [0.05, 0.1) is 0 Å². The number of nitrogens with zero attached hydrogens (tertiary/aromatic N) is 3. The van der Waals surface area contributed by atoms with Crippen molar-refractivity contribution in [2.75, 3.05) is 23.1 Å². The van der Waals surface area contributed by atoms with E-state index in [1.807, 2.05) is 42.3 Å². The molecule has 0 aliphatic rings. The number of benzene rings is 2. The first-order valence-electron chi connectivity index (χ1n) is 7.77. The minimum absolute atomic E-state index is 0.299. The van der Waals surface area contributed by atoms with Gasteiger partial charge in [0.1, 0.15) is 12.0 Å².